The topological polar surface area (TPSA) is 61.8 Å². The summed E-state index contributed by atoms with van der Waals surface area (Å²) in [6.07, 6.45) is 3.97. The van der Waals surface area contributed by atoms with Gasteiger partial charge in [-0.1, -0.05) is 0 Å². The van der Waals surface area contributed by atoms with Crippen LogP contribution >= 0.6 is 0 Å². The molecule has 0 aliphatic carbocycles. The third kappa shape index (κ3) is 3.07. The van der Waals surface area contributed by atoms with Crippen LogP contribution < -0.4 is 4.90 Å². The van der Waals surface area contributed by atoms with Gasteiger partial charge in [-0.3, -0.25) is 4.79 Å². The van der Waals surface area contributed by atoms with Crippen LogP contribution in [0.25, 0.3) is 0 Å². The molecule has 7 heteroatoms. The van der Waals surface area contributed by atoms with Crippen molar-refractivity contribution in [1.82, 2.24) is 19.8 Å². The standard InChI is InChI=1S/C19H29N5O2/c1-14-4-7-20-18(21-14)23-8-5-19(6-9-23)13-24(17(25)10-22(2)3)16-12-26-11-15(16)19/h4,7,15-16H,5-6,8-13H2,1-3H3/t15-,16+/m1/s1. The fraction of sp³-hybridized carbons (Fsp3) is 0.737. The van der Waals surface area contributed by atoms with Crippen molar-refractivity contribution >= 4 is 11.9 Å². The molecule has 1 aromatic heterocycles. The van der Waals surface area contributed by atoms with E-state index in [1.165, 1.54) is 0 Å². The number of nitrogens with zero attached hydrogens (tertiary/aromatic N) is 5. The number of likely N-dealkylation sites (N-methyl/N-ethyl adjacent to an activating group) is 1. The Hall–Kier alpha value is -1.73. The Bertz CT molecular complexity index is 672. The fourth-order valence-electron chi connectivity index (χ4n) is 4.91. The highest BCUT2D eigenvalue weighted by Crippen LogP contribution is 2.50. The van der Waals surface area contributed by atoms with E-state index in [0.29, 0.717) is 19.1 Å². The minimum absolute atomic E-state index is 0.184. The van der Waals surface area contributed by atoms with E-state index >= 15 is 0 Å². The first kappa shape index (κ1) is 17.7. The zero-order chi connectivity index (χ0) is 18.3. The first-order valence-electron chi connectivity index (χ1n) is 9.55. The fourth-order valence-corrected chi connectivity index (χ4v) is 4.91. The van der Waals surface area contributed by atoms with Gasteiger partial charge in [-0.25, -0.2) is 9.97 Å². The number of hydrogen-bond donors (Lipinski definition) is 0. The van der Waals surface area contributed by atoms with Crippen molar-refractivity contribution in [2.45, 2.75) is 25.8 Å². The van der Waals surface area contributed by atoms with Gasteiger partial charge in [0.25, 0.3) is 0 Å². The SMILES string of the molecule is Cc1ccnc(N2CCC3(CC2)CN(C(=O)CN(C)C)[C@H]2COC[C@H]23)n1. The number of piperidine rings is 1. The summed E-state index contributed by atoms with van der Waals surface area (Å²) in [6.45, 7) is 6.73. The lowest BCUT2D eigenvalue weighted by Gasteiger charge is -2.42. The van der Waals surface area contributed by atoms with Gasteiger partial charge in [-0.15, -0.1) is 0 Å². The number of anilines is 1. The smallest absolute Gasteiger partial charge is 0.237 e. The van der Waals surface area contributed by atoms with Crippen molar-refractivity contribution in [1.29, 1.82) is 0 Å². The van der Waals surface area contributed by atoms with Gasteiger partial charge in [-0.2, -0.15) is 0 Å². The molecule has 0 aromatic carbocycles. The predicted molar refractivity (Wildman–Crippen MR) is 99.0 cm³/mol. The normalized spacial score (nSPS) is 27.4. The maximum atomic E-state index is 12.7. The Morgan fingerprint density at radius 3 is 2.81 bits per heavy atom. The number of amides is 1. The number of aromatic nitrogens is 2. The minimum Gasteiger partial charge on any atom is -0.379 e. The second-order valence-electron chi connectivity index (χ2n) is 8.32. The molecule has 1 spiro atoms. The van der Waals surface area contributed by atoms with E-state index < -0.39 is 0 Å². The van der Waals surface area contributed by atoms with Crippen molar-refractivity contribution in [3.8, 4) is 0 Å². The minimum atomic E-state index is 0.184. The Morgan fingerprint density at radius 2 is 2.12 bits per heavy atom. The number of hydrogen-bond acceptors (Lipinski definition) is 6. The van der Waals surface area contributed by atoms with E-state index in [1.54, 1.807) is 0 Å². The molecule has 7 nitrogen and oxygen atoms in total. The maximum Gasteiger partial charge on any atom is 0.237 e. The van der Waals surface area contributed by atoms with Crippen molar-refractivity contribution < 1.29 is 9.53 Å². The third-order valence-corrected chi connectivity index (χ3v) is 6.32. The second kappa shape index (κ2) is 6.78. The zero-order valence-corrected chi connectivity index (χ0v) is 16.0. The molecule has 26 heavy (non-hydrogen) atoms. The maximum absolute atomic E-state index is 12.7. The van der Waals surface area contributed by atoms with Crippen LogP contribution in [0.1, 0.15) is 18.5 Å². The van der Waals surface area contributed by atoms with E-state index in [0.717, 1.165) is 50.7 Å². The molecule has 0 saturated carbocycles. The molecule has 4 heterocycles. The summed E-state index contributed by atoms with van der Waals surface area (Å²) in [5, 5.41) is 0. The van der Waals surface area contributed by atoms with Gasteiger partial charge >= 0.3 is 0 Å². The molecule has 1 aromatic rings. The molecule has 0 N–H and O–H groups in total. The highest BCUT2D eigenvalue weighted by molar-refractivity contribution is 5.79. The Balaban J connectivity index is 1.48. The van der Waals surface area contributed by atoms with Gasteiger partial charge in [0.05, 0.1) is 25.8 Å². The average molecular weight is 359 g/mol. The van der Waals surface area contributed by atoms with Crippen LogP contribution in [0.15, 0.2) is 12.3 Å². The lowest BCUT2D eigenvalue weighted by atomic mass is 9.70. The van der Waals surface area contributed by atoms with Crippen LogP contribution in [0.3, 0.4) is 0 Å². The zero-order valence-electron chi connectivity index (χ0n) is 16.0. The number of carbonyl (C=O) groups is 1. The lowest BCUT2D eigenvalue weighted by Crippen LogP contribution is -2.46. The average Bonchev–Trinajstić information content (AvgIpc) is 3.19. The number of fused-ring (bicyclic) bond motifs is 2. The van der Waals surface area contributed by atoms with Gasteiger partial charge in [0, 0.05) is 37.4 Å². The van der Waals surface area contributed by atoms with E-state index in [9.17, 15) is 4.79 Å². The molecule has 0 unspecified atom stereocenters. The second-order valence-corrected chi connectivity index (χ2v) is 8.32. The quantitative estimate of drug-likeness (QED) is 0.795. The van der Waals surface area contributed by atoms with Crippen molar-refractivity contribution in [3.05, 3.63) is 18.0 Å². The molecule has 3 fully saturated rings. The summed E-state index contributed by atoms with van der Waals surface area (Å²) < 4.78 is 5.81. The number of likely N-dealkylation sites (tertiary alicyclic amines) is 1. The molecule has 3 aliphatic heterocycles. The molecule has 2 atom stereocenters. The Labute approximate surface area is 155 Å². The van der Waals surface area contributed by atoms with E-state index in [-0.39, 0.29) is 17.4 Å². The molecule has 0 bridgehead atoms. The van der Waals surface area contributed by atoms with Crippen LogP contribution in [0.5, 0.6) is 0 Å². The Kier molecular flexibility index (Phi) is 4.61. The highest BCUT2D eigenvalue weighted by atomic mass is 16.5. The molecule has 4 rings (SSSR count). The number of aryl methyl sites for hydroxylation is 1. The monoisotopic (exact) mass is 359 g/mol. The molecule has 3 saturated heterocycles. The van der Waals surface area contributed by atoms with Gasteiger partial charge in [-0.05, 0) is 45.3 Å². The van der Waals surface area contributed by atoms with E-state index in [2.05, 4.69) is 19.8 Å². The molecule has 142 valence electrons. The summed E-state index contributed by atoms with van der Waals surface area (Å²) in [6, 6.07) is 2.19. The van der Waals surface area contributed by atoms with Gasteiger partial charge in [0.2, 0.25) is 11.9 Å². The van der Waals surface area contributed by atoms with Crippen LogP contribution in [0.2, 0.25) is 0 Å². The third-order valence-electron chi connectivity index (χ3n) is 6.32. The Morgan fingerprint density at radius 1 is 1.35 bits per heavy atom. The van der Waals surface area contributed by atoms with Gasteiger partial charge in [0.15, 0.2) is 0 Å². The van der Waals surface area contributed by atoms with E-state index in [4.69, 9.17) is 4.74 Å². The van der Waals surface area contributed by atoms with Crippen molar-refractivity contribution in [3.63, 3.8) is 0 Å². The summed E-state index contributed by atoms with van der Waals surface area (Å²) in [4.78, 5) is 28.1. The number of ether oxygens (including phenoxy) is 1. The summed E-state index contributed by atoms with van der Waals surface area (Å²) in [5.41, 5.74) is 1.18. The van der Waals surface area contributed by atoms with Crippen LogP contribution in [0.4, 0.5) is 5.95 Å². The van der Waals surface area contributed by atoms with Crippen LogP contribution in [-0.2, 0) is 9.53 Å². The number of carbonyl (C=O) groups excluding carboxylic acids is 1. The van der Waals surface area contributed by atoms with Crippen molar-refractivity contribution in [2.24, 2.45) is 11.3 Å². The van der Waals surface area contributed by atoms with Crippen molar-refractivity contribution in [2.75, 3.05) is 58.4 Å². The molecular weight excluding hydrogens is 330 g/mol. The molecule has 0 radical (unpaired) electrons. The van der Waals surface area contributed by atoms with E-state index in [1.807, 2.05) is 38.2 Å². The highest BCUT2D eigenvalue weighted by Gasteiger charge is 2.56. The molecule has 3 aliphatic rings. The summed E-state index contributed by atoms with van der Waals surface area (Å²) in [5.74, 6) is 1.53. The molecular formula is C19H29N5O2. The van der Waals surface area contributed by atoms with Crippen LogP contribution in [0, 0.1) is 18.3 Å². The van der Waals surface area contributed by atoms with Gasteiger partial charge < -0.3 is 19.4 Å². The predicted octanol–water partition coefficient (Wildman–Crippen LogP) is 0.790. The summed E-state index contributed by atoms with van der Waals surface area (Å²) in [7, 11) is 3.90. The van der Waals surface area contributed by atoms with Crippen LogP contribution in [-0.4, -0.2) is 85.2 Å². The number of rotatable bonds is 3. The lowest BCUT2D eigenvalue weighted by molar-refractivity contribution is -0.133. The first-order valence-corrected chi connectivity index (χ1v) is 9.55. The first-order chi connectivity index (χ1) is 12.5. The summed E-state index contributed by atoms with van der Waals surface area (Å²) >= 11 is 0. The largest absolute Gasteiger partial charge is 0.379 e. The molecule has 1 amide bonds. The van der Waals surface area contributed by atoms with Gasteiger partial charge in [0.1, 0.15) is 0 Å².